The molecule has 2 heterocycles. The molecule has 0 saturated carbocycles. The summed E-state index contributed by atoms with van der Waals surface area (Å²) in [5.74, 6) is -0.0857. The highest BCUT2D eigenvalue weighted by Gasteiger charge is 2.32. The van der Waals surface area contributed by atoms with E-state index in [0.29, 0.717) is 12.1 Å². The Kier molecular flexibility index (Phi) is 4.57. The summed E-state index contributed by atoms with van der Waals surface area (Å²) in [4.78, 5) is 5.00. The standard InChI is InChI=1S/C17H26FN3/c1-13(16-4-2-3-5-17(16)18)21-11-8-15(12-21)20-9-6-14(19)7-10-20/h2-5,13-15H,6-12,19H2,1H3. The minimum Gasteiger partial charge on any atom is -0.328 e. The molecule has 0 aromatic heterocycles. The van der Waals surface area contributed by atoms with E-state index in [9.17, 15) is 4.39 Å². The molecule has 3 rings (SSSR count). The van der Waals surface area contributed by atoms with E-state index in [1.54, 1.807) is 12.1 Å². The van der Waals surface area contributed by atoms with Crippen LogP contribution in [-0.2, 0) is 0 Å². The van der Waals surface area contributed by atoms with Gasteiger partial charge in [-0.15, -0.1) is 0 Å². The monoisotopic (exact) mass is 291 g/mol. The van der Waals surface area contributed by atoms with Gasteiger partial charge < -0.3 is 5.73 Å². The first-order valence-corrected chi connectivity index (χ1v) is 8.13. The molecule has 2 atom stereocenters. The smallest absolute Gasteiger partial charge is 0.127 e. The van der Waals surface area contributed by atoms with Gasteiger partial charge in [0.1, 0.15) is 5.82 Å². The number of halogens is 1. The summed E-state index contributed by atoms with van der Waals surface area (Å²) in [7, 11) is 0. The lowest BCUT2D eigenvalue weighted by atomic mass is 10.0. The Morgan fingerprint density at radius 2 is 1.86 bits per heavy atom. The van der Waals surface area contributed by atoms with Crippen molar-refractivity contribution < 1.29 is 4.39 Å². The molecule has 1 aromatic rings. The molecule has 1 aromatic carbocycles. The summed E-state index contributed by atoms with van der Waals surface area (Å²) in [5, 5.41) is 0. The fourth-order valence-corrected chi connectivity index (χ4v) is 3.71. The summed E-state index contributed by atoms with van der Waals surface area (Å²) in [5.41, 5.74) is 6.80. The normalized spacial score (nSPS) is 27.1. The summed E-state index contributed by atoms with van der Waals surface area (Å²) < 4.78 is 13.9. The molecule has 2 unspecified atom stereocenters. The maximum absolute atomic E-state index is 13.9. The molecular weight excluding hydrogens is 265 g/mol. The fourth-order valence-electron chi connectivity index (χ4n) is 3.71. The molecule has 0 amide bonds. The SMILES string of the molecule is CC(c1ccccc1F)N1CCC(N2CCC(N)CC2)C1. The minimum absolute atomic E-state index is 0.0857. The van der Waals surface area contributed by atoms with E-state index in [-0.39, 0.29) is 11.9 Å². The van der Waals surface area contributed by atoms with Crippen molar-refractivity contribution in [3.63, 3.8) is 0 Å². The quantitative estimate of drug-likeness (QED) is 0.928. The van der Waals surface area contributed by atoms with E-state index in [1.165, 1.54) is 6.42 Å². The van der Waals surface area contributed by atoms with Crippen LogP contribution in [0.4, 0.5) is 4.39 Å². The number of nitrogens with zero attached hydrogens (tertiary/aromatic N) is 2. The van der Waals surface area contributed by atoms with Gasteiger partial charge in [-0.05, 0) is 45.3 Å². The lowest BCUT2D eigenvalue weighted by Crippen LogP contribution is -2.46. The second-order valence-corrected chi connectivity index (χ2v) is 6.51. The van der Waals surface area contributed by atoms with Gasteiger partial charge in [0.2, 0.25) is 0 Å². The van der Waals surface area contributed by atoms with Gasteiger partial charge in [0.05, 0.1) is 0 Å². The van der Waals surface area contributed by atoms with Crippen molar-refractivity contribution in [2.45, 2.75) is 44.3 Å². The molecule has 2 fully saturated rings. The number of likely N-dealkylation sites (tertiary alicyclic amines) is 2. The maximum Gasteiger partial charge on any atom is 0.127 e. The predicted octanol–water partition coefficient (Wildman–Crippen LogP) is 2.38. The largest absolute Gasteiger partial charge is 0.328 e. The number of nitrogens with two attached hydrogens (primary N) is 1. The first-order chi connectivity index (χ1) is 10.1. The zero-order valence-electron chi connectivity index (χ0n) is 12.8. The van der Waals surface area contributed by atoms with Crippen molar-refractivity contribution in [3.05, 3.63) is 35.6 Å². The fraction of sp³-hybridized carbons (Fsp3) is 0.647. The van der Waals surface area contributed by atoms with Gasteiger partial charge in [0, 0.05) is 36.8 Å². The van der Waals surface area contributed by atoms with Gasteiger partial charge in [-0.1, -0.05) is 18.2 Å². The lowest BCUT2D eigenvalue weighted by molar-refractivity contribution is 0.145. The van der Waals surface area contributed by atoms with Crippen LogP contribution in [0.15, 0.2) is 24.3 Å². The van der Waals surface area contributed by atoms with E-state index in [4.69, 9.17) is 5.73 Å². The molecule has 2 saturated heterocycles. The van der Waals surface area contributed by atoms with Crippen LogP contribution < -0.4 is 5.73 Å². The molecule has 0 radical (unpaired) electrons. The van der Waals surface area contributed by atoms with Crippen LogP contribution >= 0.6 is 0 Å². The van der Waals surface area contributed by atoms with E-state index in [2.05, 4.69) is 16.7 Å². The first kappa shape index (κ1) is 14.9. The molecule has 3 nitrogen and oxygen atoms in total. The molecule has 0 aliphatic carbocycles. The number of hydrogen-bond donors (Lipinski definition) is 1. The predicted molar refractivity (Wildman–Crippen MR) is 83.6 cm³/mol. The zero-order valence-corrected chi connectivity index (χ0v) is 12.8. The molecule has 0 spiro atoms. The number of rotatable bonds is 3. The Hall–Kier alpha value is -0.970. The van der Waals surface area contributed by atoms with Crippen LogP contribution in [0.5, 0.6) is 0 Å². The van der Waals surface area contributed by atoms with E-state index >= 15 is 0 Å². The third-order valence-electron chi connectivity index (χ3n) is 5.19. The van der Waals surface area contributed by atoms with Crippen molar-refractivity contribution in [1.29, 1.82) is 0 Å². The maximum atomic E-state index is 13.9. The van der Waals surface area contributed by atoms with Crippen molar-refractivity contribution in [3.8, 4) is 0 Å². The average Bonchev–Trinajstić information content (AvgIpc) is 2.98. The van der Waals surface area contributed by atoms with Gasteiger partial charge in [-0.25, -0.2) is 4.39 Å². The third kappa shape index (κ3) is 3.28. The minimum atomic E-state index is -0.0857. The van der Waals surface area contributed by atoms with Crippen LogP contribution in [0.25, 0.3) is 0 Å². The van der Waals surface area contributed by atoms with Crippen molar-refractivity contribution in [2.24, 2.45) is 5.73 Å². The summed E-state index contributed by atoms with van der Waals surface area (Å²) in [6.45, 7) is 6.46. The van der Waals surface area contributed by atoms with Crippen LogP contribution in [0, 0.1) is 5.82 Å². The zero-order chi connectivity index (χ0) is 14.8. The summed E-state index contributed by atoms with van der Waals surface area (Å²) in [6.07, 6.45) is 3.41. The molecule has 2 N–H and O–H groups in total. The molecule has 4 heteroatoms. The van der Waals surface area contributed by atoms with Crippen LogP contribution in [0.3, 0.4) is 0 Å². The molecule has 0 bridgehead atoms. The van der Waals surface area contributed by atoms with Crippen molar-refractivity contribution in [1.82, 2.24) is 9.80 Å². The molecular formula is C17H26FN3. The van der Waals surface area contributed by atoms with Gasteiger partial charge >= 0.3 is 0 Å². The van der Waals surface area contributed by atoms with E-state index < -0.39 is 0 Å². The van der Waals surface area contributed by atoms with Gasteiger partial charge in [-0.2, -0.15) is 0 Å². The Bertz CT molecular complexity index is 471. The highest BCUT2D eigenvalue weighted by atomic mass is 19.1. The highest BCUT2D eigenvalue weighted by Crippen LogP contribution is 2.29. The number of piperidine rings is 1. The molecule has 2 aliphatic rings. The van der Waals surface area contributed by atoms with Crippen molar-refractivity contribution >= 4 is 0 Å². The second-order valence-electron chi connectivity index (χ2n) is 6.51. The Balaban J connectivity index is 1.60. The topological polar surface area (TPSA) is 32.5 Å². The highest BCUT2D eigenvalue weighted by molar-refractivity contribution is 5.21. The van der Waals surface area contributed by atoms with Gasteiger partial charge in [0.25, 0.3) is 0 Å². The Morgan fingerprint density at radius 3 is 2.57 bits per heavy atom. The third-order valence-corrected chi connectivity index (χ3v) is 5.19. The summed E-state index contributed by atoms with van der Waals surface area (Å²) >= 11 is 0. The van der Waals surface area contributed by atoms with E-state index in [0.717, 1.165) is 44.6 Å². The second kappa shape index (κ2) is 6.42. The number of benzene rings is 1. The van der Waals surface area contributed by atoms with Gasteiger partial charge in [-0.3, -0.25) is 9.80 Å². The molecule has 21 heavy (non-hydrogen) atoms. The lowest BCUT2D eigenvalue weighted by Gasteiger charge is -2.35. The van der Waals surface area contributed by atoms with Crippen molar-refractivity contribution in [2.75, 3.05) is 26.2 Å². The Morgan fingerprint density at radius 1 is 1.14 bits per heavy atom. The molecule has 116 valence electrons. The number of hydrogen-bond acceptors (Lipinski definition) is 3. The van der Waals surface area contributed by atoms with E-state index in [1.807, 2.05) is 12.1 Å². The Labute approximate surface area is 126 Å². The van der Waals surface area contributed by atoms with Gasteiger partial charge in [0.15, 0.2) is 0 Å². The van der Waals surface area contributed by atoms with Crippen LogP contribution in [-0.4, -0.2) is 48.1 Å². The van der Waals surface area contributed by atoms with Crippen LogP contribution in [0.1, 0.15) is 37.8 Å². The molecule has 2 aliphatic heterocycles. The first-order valence-electron chi connectivity index (χ1n) is 8.13. The average molecular weight is 291 g/mol. The summed E-state index contributed by atoms with van der Waals surface area (Å²) in [6, 6.07) is 8.31. The van der Waals surface area contributed by atoms with Crippen LogP contribution in [0.2, 0.25) is 0 Å².